The van der Waals surface area contributed by atoms with Crippen LogP contribution in [0.3, 0.4) is 0 Å². The molecular weight excluding hydrogens is 304 g/mol. The van der Waals surface area contributed by atoms with Crippen molar-refractivity contribution in [2.24, 2.45) is 0 Å². The SMILES string of the molecule is Nc1c(O)c(OCC(=O)O)cc2[nH+]cc(S(=O)(=O)[O-])cc12. The van der Waals surface area contributed by atoms with Gasteiger partial charge in [-0.05, 0) is 6.07 Å². The Balaban J connectivity index is 2.60. The molecule has 1 aromatic carbocycles. The molecule has 1 heterocycles. The first kappa shape index (κ1) is 14.8. The fourth-order valence-corrected chi connectivity index (χ4v) is 2.15. The number of aromatic amines is 1. The number of nitrogens with two attached hydrogens (primary N) is 1. The lowest BCUT2D eigenvalue weighted by atomic mass is 10.1. The number of fused-ring (bicyclic) bond motifs is 1. The van der Waals surface area contributed by atoms with E-state index in [1.807, 2.05) is 0 Å². The number of carbonyl (C=O) groups is 1. The van der Waals surface area contributed by atoms with E-state index in [2.05, 4.69) is 4.98 Å². The van der Waals surface area contributed by atoms with Gasteiger partial charge in [-0.3, -0.25) is 0 Å². The van der Waals surface area contributed by atoms with Gasteiger partial charge in [0.15, 0.2) is 24.3 Å². The largest absolute Gasteiger partial charge is 0.744 e. The van der Waals surface area contributed by atoms with Crippen molar-refractivity contribution < 1.29 is 37.7 Å². The summed E-state index contributed by atoms with van der Waals surface area (Å²) in [5.41, 5.74) is 5.66. The van der Waals surface area contributed by atoms with Gasteiger partial charge in [-0.15, -0.1) is 0 Å². The third-order valence-electron chi connectivity index (χ3n) is 2.64. The zero-order chi connectivity index (χ0) is 15.8. The Hall–Kier alpha value is -2.59. The lowest BCUT2D eigenvalue weighted by molar-refractivity contribution is -0.347. The Labute approximate surface area is 118 Å². The number of hydrogen-bond donors (Lipinski definition) is 3. The molecule has 0 bridgehead atoms. The van der Waals surface area contributed by atoms with Crippen molar-refractivity contribution in [3.05, 3.63) is 18.3 Å². The molecule has 0 radical (unpaired) electrons. The van der Waals surface area contributed by atoms with Gasteiger partial charge in [0.2, 0.25) is 5.52 Å². The minimum Gasteiger partial charge on any atom is -0.744 e. The number of H-pyrrole nitrogens is 1. The van der Waals surface area contributed by atoms with Gasteiger partial charge in [-0.1, -0.05) is 0 Å². The highest BCUT2D eigenvalue weighted by Gasteiger charge is 2.18. The Kier molecular flexibility index (Phi) is 3.58. The number of pyridine rings is 1. The maximum atomic E-state index is 10.9. The van der Waals surface area contributed by atoms with Crippen LogP contribution in [-0.4, -0.2) is 35.8 Å². The molecule has 0 unspecified atom stereocenters. The molecule has 0 saturated carbocycles. The van der Waals surface area contributed by atoms with Gasteiger partial charge >= 0.3 is 5.97 Å². The van der Waals surface area contributed by atoms with Gasteiger partial charge < -0.3 is 25.2 Å². The van der Waals surface area contributed by atoms with Crippen LogP contribution in [0.1, 0.15) is 0 Å². The van der Waals surface area contributed by atoms with E-state index in [1.165, 1.54) is 6.07 Å². The van der Waals surface area contributed by atoms with E-state index in [0.717, 1.165) is 12.3 Å². The molecule has 5 N–H and O–H groups in total. The van der Waals surface area contributed by atoms with Crippen LogP contribution in [-0.2, 0) is 14.9 Å². The average Bonchev–Trinajstić information content (AvgIpc) is 2.39. The summed E-state index contributed by atoms with van der Waals surface area (Å²) in [6.45, 7) is -0.689. The number of hydrogen-bond acceptors (Lipinski definition) is 7. The van der Waals surface area contributed by atoms with E-state index < -0.39 is 33.3 Å². The van der Waals surface area contributed by atoms with Crippen molar-refractivity contribution in [1.82, 2.24) is 0 Å². The molecule has 0 aliphatic heterocycles. The Morgan fingerprint density at radius 1 is 1.43 bits per heavy atom. The van der Waals surface area contributed by atoms with Gasteiger partial charge in [-0.25, -0.2) is 18.2 Å². The Morgan fingerprint density at radius 2 is 2.10 bits per heavy atom. The predicted octanol–water partition coefficient (Wildman–Crippen LogP) is -0.691. The van der Waals surface area contributed by atoms with E-state index in [0.29, 0.717) is 0 Å². The van der Waals surface area contributed by atoms with Crippen molar-refractivity contribution in [1.29, 1.82) is 0 Å². The molecule has 0 spiro atoms. The van der Waals surface area contributed by atoms with Gasteiger partial charge in [0.25, 0.3) is 0 Å². The number of carboxylic acids is 1. The Bertz CT molecular complexity index is 832. The summed E-state index contributed by atoms with van der Waals surface area (Å²) in [7, 11) is -4.68. The first-order valence-corrected chi connectivity index (χ1v) is 6.88. The zero-order valence-electron chi connectivity index (χ0n) is 10.4. The molecule has 9 nitrogen and oxygen atoms in total. The summed E-state index contributed by atoms with van der Waals surface area (Å²) in [5.74, 6) is -1.97. The zero-order valence-corrected chi connectivity index (χ0v) is 11.2. The first-order chi connectivity index (χ1) is 9.70. The number of carboxylic acid groups (broad SMARTS) is 1. The molecule has 0 aliphatic carbocycles. The molecule has 112 valence electrons. The van der Waals surface area contributed by atoms with Crippen LogP contribution in [0.4, 0.5) is 5.69 Å². The van der Waals surface area contributed by atoms with Crippen LogP contribution in [0.2, 0.25) is 0 Å². The molecule has 0 atom stereocenters. The van der Waals surface area contributed by atoms with E-state index in [9.17, 15) is 22.9 Å². The average molecular weight is 314 g/mol. The fourth-order valence-electron chi connectivity index (χ4n) is 1.68. The maximum absolute atomic E-state index is 10.9. The maximum Gasteiger partial charge on any atom is 0.341 e. The molecule has 2 aromatic rings. The third kappa shape index (κ3) is 2.95. The van der Waals surface area contributed by atoms with E-state index in [1.54, 1.807) is 0 Å². The topological polar surface area (TPSA) is 164 Å². The van der Waals surface area contributed by atoms with Gasteiger partial charge in [0, 0.05) is 0 Å². The summed E-state index contributed by atoms with van der Waals surface area (Å²) in [6.07, 6.45) is 0.960. The van der Waals surface area contributed by atoms with Crippen LogP contribution in [0.5, 0.6) is 11.5 Å². The van der Waals surface area contributed by atoms with Crippen LogP contribution < -0.4 is 15.5 Å². The molecule has 0 saturated heterocycles. The molecule has 0 amide bonds. The van der Waals surface area contributed by atoms with Crippen LogP contribution in [0.15, 0.2) is 23.2 Å². The summed E-state index contributed by atoms with van der Waals surface area (Å²) < 4.78 is 37.7. The second-order valence-electron chi connectivity index (χ2n) is 4.07. The van der Waals surface area contributed by atoms with Crippen molar-refractivity contribution in [3.63, 3.8) is 0 Å². The fraction of sp³-hybridized carbons (Fsp3) is 0.0909. The van der Waals surface area contributed by atoms with E-state index in [-0.39, 0.29) is 22.3 Å². The highest BCUT2D eigenvalue weighted by molar-refractivity contribution is 7.85. The van der Waals surface area contributed by atoms with Gasteiger partial charge in [0.05, 0.1) is 17.1 Å². The molecule has 21 heavy (non-hydrogen) atoms. The third-order valence-corrected chi connectivity index (χ3v) is 3.45. The first-order valence-electron chi connectivity index (χ1n) is 5.47. The van der Waals surface area contributed by atoms with E-state index >= 15 is 0 Å². The number of rotatable bonds is 4. The van der Waals surface area contributed by atoms with Crippen molar-refractivity contribution in [2.45, 2.75) is 4.90 Å². The second-order valence-corrected chi connectivity index (χ2v) is 5.45. The number of aliphatic carboxylic acids is 1. The van der Waals surface area contributed by atoms with Crippen LogP contribution in [0.25, 0.3) is 10.9 Å². The lowest BCUT2D eigenvalue weighted by Crippen LogP contribution is -2.12. The molecule has 0 fully saturated rings. The molecular formula is C11H10N2O7S. The number of phenolic OH excluding ortho intramolecular Hbond substituents is 1. The number of aromatic nitrogens is 1. The van der Waals surface area contributed by atoms with Crippen molar-refractivity contribution >= 4 is 32.7 Å². The summed E-state index contributed by atoms with van der Waals surface area (Å²) in [5, 5.41) is 18.4. The minimum absolute atomic E-state index is 0.0899. The summed E-state index contributed by atoms with van der Waals surface area (Å²) >= 11 is 0. The molecule has 10 heteroatoms. The monoisotopic (exact) mass is 314 g/mol. The molecule has 0 aliphatic rings. The normalized spacial score (nSPS) is 11.5. The number of nitrogen functional groups attached to an aromatic ring is 1. The summed E-state index contributed by atoms with van der Waals surface area (Å²) in [4.78, 5) is 12.4. The second kappa shape index (κ2) is 5.07. The number of ether oxygens (including phenoxy) is 1. The number of anilines is 1. The highest BCUT2D eigenvalue weighted by atomic mass is 32.2. The Morgan fingerprint density at radius 3 is 2.67 bits per heavy atom. The number of benzene rings is 1. The van der Waals surface area contributed by atoms with Gasteiger partial charge in [0.1, 0.15) is 15.0 Å². The van der Waals surface area contributed by atoms with Crippen molar-refractivity contribution in [3.8, 4) is 11.5 Å². The van der Waals surface area contributed by atoms with Crippen LogP contribution >= 0.6 is 0 Å². The number of nitrogens with one attached hydrogen (secondary N) is 1. The number of aromatic hydroxyl groups is 1. The standard InChI is InChI=1S/C11H10N2O7S/c12-10-6-1-5(21(17,18)19)3-13-7(6)2-8(11(10)16)20-4-9(14)15/h1-3,16H,4,12H2,(H,14,15)(H,17,18,19). The molecule has 2 rings (SSSR count). The number of phenols is 1. The van der Waals surface area contributed by atoms with E-state index in [4.69, 9.17) is 15.6 Å². The quantitative estimate of drug-likeness (QED) is 0.379. The highest BCUT2D eigenvalue weighted by Crippen LogP contribution is 2.37. The van der Waals surface area contributed by atoms with Crippen LogP contribution in [0, 0.1) is 0 Å². The molecule has 1 aromatic heterocycles. The smallest absolute Gasteiger partial charge is 0.341 e. The van der Waals surface area contributed by atoms with Crippen molar-refractivity contribution in [2.75, 3.05) is 12.3 Å². The predicted molar refractivity (Wildman–Crippen MR) is 67.7 cm³/mol. The van der Waals surface area contributed by atoms with Gasteiger partial charge in [-0.2, -0.15) is 0 Å². The lowest BCUT2D eigenvalue weighted by Gasteiger charge is -2.10. The summed E-state index contributed by atoms with van der Waals surface area (Å²) in [6, 6.07) is 2.25. The minimum atomic E-state index is -4.68.